The van der Waals surface area contributed by atoms with Gasteiger partial charge in [-0.15, -0.1) is 0 Å². The van der Waals surface area contributed by atoms with Crippen LogP contribution in [0, 0.1) is 0 Å². The first-order chi connectivity index (χ1) is 10.1. The summed E-state index contributed by atoms with van der Waals surface area (Å²) in [6.07, 6.45) is 5.37. The van der Waals surface area contributed by atoms with Gasteiger partial charge in [0, 0.05) is 38.3 Å². The molecular weight excluding hydrogens is 266 g/mol. The first-order valence-electron chi connectivity index (χ1n) is 8.52. The van der Waals surface area contributed by atoms with E-state index in [9.17, 15) is 4.79 Å². The number of ether oxygens (including phenoxy) is 1. The number of nitrogens with zero attached hydrogens (tertiary/aromatic N) is 2. The summed E-state index contributed by atoms with van der Waals surface area (Å²) < 4.78 is 5.79. The minimum atomic E-state index is 0.291. The zero-order chi connectivity index (χ0) is 14.8. The molecule has 0 aromatic heterocycles. The molecule has 1 saturated carbocycles. The van der Waals surface area contributed by atoms with Gasteiger partial charge in [0.1, 0.15) is 0 Å². The topological polar surface area (TPSA) is 44.8 Å². The Labute approximate surface area is 128 Å². The molecule has 3 fully saturated rings. The van der Waals surface area contributed by atoms with Gasteiger partial charge in [-0.3, -0.25) is 9.69 Å². The molecule has 1 N–H and O–H groups in total. The summed E-state index contributed by atoms with van der Waals surface area (Å²) in [6, 6.07) is 1.01. The van der Waals surface area contributed by atoms with Crippen LogP contribution in [0.5, 0.6) is 0 Å². The first-order valence-corrected chi connectivity index (χ1v) is 8.52. The predicted molar refractivity (Wildman–Crippen MR) is 82.2 cm³/mol. The van der Waals surface area contributed by atoms with Gasteiger partial charge in [-0.1, -0.05) is 0 Å². The summed E-state index contributed by atoms with van der Waals surface area (Å²) in [6.45, 7) is 8.72. The number of carbonyl (C=O) groups excluding carboxylic acids is 1. The highest BCUT2D eigenvalue weighted by molar-refractivity contribution is 5.79. The molecule has 5 heteroatoms. The van der Waals surface area contributed by atoms with Gasteiger partial charge in [-0.05, 0) is 39.5 Å². The van der Waals surface area contributed by atoms with Crippen LogP contribution in [0.3, 0.4) is 0 Å². The van der Waals surface area contributed by atoms with Crippen molar-refractivity contribution < 1.29 is 9.53 Å². The minimum Gasteiger partial charge on any atom is -0.373 e. The molecule has 1 amide bonds. The molecule has 0 aromatic rings. The van der Waals surface area contributed by atoms with Crippen LogP contribution in [0.1, 0.15) is 39.5 Å². The van der Waals surface area contributed by atoms with Gasteiger partial charge < -0.3 is 15.0 Å². The van der Waals surface area contributed by atoms with E-state index in [1.165, 1.54) is 12.8 Å². The molecule has 0 aromatic carbocycles. The molecule has 2 saturated heterocycles. The van der Waals surface area contributed by atoms with Crippen molar-refractivity contribution in [2.45, 2.75) is 63.8 Å². The van der Waals surface area contributed by atoms with Gasteiger partial charge in [0.25, 0.3) is 0 Å². The molecule has 1 aliphatic carbocycles. The minimum absolute atomic E-state index is 0.291. The van der Waals surface area contributed by atoms with E-state index in [2.05, 4.69) is 29.0 Å². The van der Waals surface area contributed by atoms with Crippen LogP contribution in [-0.4, -0.2) is 72.7 Å². The number of morpholine rings is 1. The third-order valence-electron chi connectivity index (χ3n) is 4.78. The maximum atomic E-state index is 12.4. The fraction of sp³-hybridized carbons (Fsp3) is 0.938. The molecule has 120 valence electrons. The zero-order valence-electron chi connectivity index (χ0n) is 13.4. The molecule has 0 unspecified atom stereocenters. The number of rotatable bonds is 5. The lowest BCUT2D eigenvalue weighted by molar-refractivity contribution is -0.132. The van der Waals surface area contributed by atoms with Gasteiger partial charge in [-0.25, -0.2) is 0 Å². The van der Waals surface area contributed by atoms with Crippen LogP contribution in [0.25, 0.3) is 0 Å². The highest BCUT2D eigenvalue weighted by Gasteiger charge is 2.32. The maximum absolute atomic E-state index is 12.4. The molecule has 0 radical (unpaired) electrons. The van der Waals surface area contributed by atoms with Crippen molar-refractivity contribution in [2.24, 2.45) is 0 Å². The Morgan fingerprint density at radius 1 is 1.19 bits per heavy atom. The highest BCUT2D eigenvalue weighted by atomic mass is 16.5. The monoisotopic (exact) mass is 295 g/mol. The van der Waals surface area contributed by atoms with Crippen LogP contribution in [0.4, 0.5) is 0 Å². The number of hydrogen-bond donors (Lipinski definition) is 1. The molecule has 3 aliphatic rings. The molecule has 5 nitrogen and oxygen atoms in total. The maximum Gasteiger partial charge on any atom is 0.236 e. The smallest absolute Gasteiger partial charge is 0.236 e. The largest absolute Gasteiger partial charge is 0.373 e. The van der Waals surface area contributed by atoms with Crippen molar-refractivity contribution in [3.8, 4) is 0 Å². The van der Waals surface area contributed by atoms with Gasteiger partial charge in [0.15, 0.2) is 0 Å². The molecule has 21 heavy (non-hydrogen) atoms. The van der Waals surface area contributed by atoms with E-state index >= 15 is 0 Å². The number of nitrogens with one attached hydrogen (secondary N) is 1. The second-order valence-electron chi connectivity index (χ2n) is 7.01. The Morgan fingerprint density at radius 2 is 1.90 bits per heavy atom. The van der Waals surface area contributed by atoms with Crippen LogP contribution >= 0.6 is 0 Å². The molecule has 3 atom stereocenters. The number of amides is 1. The summed E-state index contributed by atoms with van der Waals surface area (Å²) in [7, 11) is 0. The fourth-order valence-electron chi connectivity index (χ4n) is 3.71. The Balaban J connectivity index is 1.49. The van der Waals surface area contributed by atoms with Gasteiger partial charge >= 0.3 is 0 Å². The second-order valence-corrected chi connectivity index (χ2v) is 7.01. The Hall–Kier alpha value is -0.650. The van der Waals surface area contributed by atoms with Gasteiger partial charge in [0.2, 0.25) is 5.91 Å². The third-order valence-corrected chi connectivity index (χ3v) is 4.78. The SMILES string of the molecule is C[C@@H]1CN(C[C@@H]2CCCN2C(=O)CNC2CC2)C[C@@H](C)O1. The van der Waals surface area contributed by atoms with Crippen molar-refractivity contribution in [1.29, 1.82) is 0 Å². The van der Waals surface area contributed by atoms with Gasteiger partial charge in [-0.2, -0.15) is 0 Å². The van der Waals surface area contributed by atoms with Crippen LogP contribution < -0.4 is 5.32 Å². The summed E-state index contributed by atoms with van der Waals surface area (Å²) >= 11 is 0. The lowest BCUT2D eigenvalue weighted by Gasteiger charge is -2.38. The Kier molecular flexibility index (Phi) is 4.82. The number of hydrogen-bond acceptors (Lipinski definition) is 4. The van der Waals surface area contributed by atoms with Crippen LogP contribution in [0.2, 0.25) is 0 Å². The molecule has 2 aliphatic heterocycles. The van der Waals surface area contributed by atoms with Crippen molar-refractivity contribution in [3.63, 3.8) is 0 Å². The Morgan fingerprint density at radius 3 is 2.57 bits per heavy atom. The lowest BCUT2D eigenvalue weighted by atomic mass is 10.1. The van der Waals surface area contributed by atoms with E-state index in [0.717, 1.165) is 39.0 Å². The predicted octanol–water partition coefficient (Wildman–Crippen LogP) is 0.839. The van der Waals surface area contributed by atoms with E-state index in [4.69, 9.17) is 4.74 Å². The lowest BCUT2D eigenvalue weighted by Crippen LogP contribution is -2.51. The normalized spacial score (nSPS) is 34.4. The molecule has 0 bridgehead atoms. The second kappa shape index (κ2) is 6.63. The molecule has 2 heterocycles. The molecule has 3 rings (SSSR count). The zero-order valence-corrected chi connectivity index (χ0v) is 13.4. The molecule has 0 spiro atoms. The van der Waals surface area contributed by atoms with E-state index in [-0.39, 0.29) is 0 Å². The van der Waals surface area contributed by atoms with Crippen molar-refractivity contribution in [3.05, 3.63) is 0 Å². The average molecular weight is 295 g/mol. The quantitative estimate of drug-likeness (QED) is 0.816. The van der Waals surface area contributed by atoms with Crippen molar-refractivity contribution >= 4 is 5.91 Å². The highest BCUT2D eigenvalue weighted by Crippen LogP contribution is 2.22. The Bertz CT molecular complexity index is 363. The molecular formula is C16H29N3O2. The average Bonchev–Trinajstić information content (AvgIpc) is 3.13. The van der Waals surface area contributed by atoms with E-state index in [1.807, 2.05) is 0 Å². The van der Waals surface area contributed by atoms with Crippen LogP contribution in [-0.2, 0) is 9.53 Å². The van der Waals surface area contributed by atoms with E-state index in [0.29, 0.717) is 36.7 Å². The standard InChI is InChI=1S/C16H29N3O2/c1-12-9-18(10-13(2)21-12)11-15-4-3-7-19(15)16(20)8-17-14-5-6-14/h12-15,17H,3-11H2,1-2H3/t12-,13-,15+/m1/s1. The first kappa shape index (κ1) is 15.3. The van der Waals surface area contributed by atoms with Crippen molar-refractivity contribution in [1.82, 2.24) is 15.1 Å². The summed E-state index contributed by atoms with van der Waals surface area (Å²) in [5.41, 5.74) is 0. The fourth-order valence-corrected chi connectivity index (χ4v) is 3.71. The summed E-state index contributed by atoms with van der Waals surface area (Å²) in [5.74, 6) is 0.291. The van der Waals surface area contributed by atoms with E-state index in [1.54, 1.807) is 0 Å². The van der Waals surface area contributed by atoms with Crippen LogP contribution in [0.15, 0.2) is 0 Å². The summed E-state index contributed by atoms with van der Waals surface area (Å²) in [4.78, 5) is 17.0. The van der Waals surface area contributed by atoms with E-state index < -0.39 is 0 Å². The number of carbonyl (C=O) groups is 1. The third kappa shape index (κ3) is 4.18. The van der Waals surface area contributed by atoms with Gasteiger partial charge in [0.05, 0.1) is 18.8 Å². The van der Waals surface area contributed by atoms with Crippen molar-refractivity contribution in [2.75, 3.05) is 32.7 Å². The number of likely N-dealkylation sites (tertiary alicyclic amines) is 1. The summed E-state index contributed by atoms with van der Waals surface area (Å²) in [5, 5.41) is 3.35.